The lowest BCUT2D eigenvalue weighted by Crippen LogP contribution is -2.19. The Hall–Kier alpha value is -3.22. The minimum absolute atomic E-state index is 0.0288. The third kappa shape index (κ3) is 3.03. The lowest BCUT2D eigenvalue weighted by Gasteiger charge is -2.16. The largest absolute Gasteiger partial charge is 0.488 e. The highest BCUT2D eigenvalue weighted by Crippen LogP contribution is 2.30. The average molecular weight is 315 g/mol. The molecule has 0 aromatic heterocycles. The van der Waals surface area contributed by atoms with Gasteiger partial charge in [0.1, 0.15) is 18.2 Å². The number of hydrogen-bond donors (Lipinski definition) is 0. The number of carbonyl (C=O) groups excluding carboxylic acids is 1. The molecule has 0 saturated carbocycles. The summed E-state index contributed by atoms with van der Waals surface area (Å²) in [5.74, 6) is -1.38. The molecular formula is C16H10FNO5. The maximum Gasteiger partial charge on any atom is 0.343 e. The minimum atomic E-state index is -0.826. The van der Waals surface area contributed by atoms with Crippen molar-refractivity contribution in [2.24, 2.45) is 0 Å². The molecule has 3 rings (SSSR count). The van der Waals surface area contributed by atoms with Crippen LogP contribution in [0.3, 0.4) is 0 Å². The first kappa shape index (κ1) is 14.7. The molecular weight excluding hydrogens is 305 g/mol. The van der Waals surface area contributed by atoms with Crippen LogP contribution in [0.2, 0.25) is 0 Å². The van der Waals surface area contributed by atoms with Gasteiger partial charge in [-0.3, -0.25) is 10.1 Å². The standard InChI is InChI=1S/C16H10FNO5/c17-12-5-6-13(18(20)21)15(8-12)23-16(19)11-7-10-3-1-2-4-14(10)22-9-11/h1-8H,9H2. The van der Waals surface area contributed by atoms with Gasteiger partial charge in [0.05, 0.1) is 10.5 Å². The van der Waals surface area contributed by atoms with Crippen molar-refractivity contribution in [2.75, 3.05) is 6.61 Å². The summed E-state index contributed by atoms with van der Waals surface area (Å²) in [4.78, 5) is 22.3. The fraction of sp³-hybridized carbons (Fsp3) is 0.0625. The first-order chi connectivity index (χ1) is 11.0. The molecule has 1 aliphatic heterocycles. The van der Waals surface area contributed by atoms with Crippen LogP contribution in [0.4, 0.5) is 10.1 Å². The molecule has 1 heterocycles. The van der Waals surface area contributed by atoms with Gasteiger partial charge in [0, 0.05) is 17.7 Å². The molecule has 2 aromatic carbocycles. The van der Waals surface area contributed by atoms with Crippen molar-refractivity contribution in [1.82, 2.24) is 0 Å². The predicted octanol–water partition coefficient (Wildman–Crippen LogP) is 3.12. The van der Waals surface area contributed by atoms with Gasteiger partial charge >= 0.3 is 11.7 Å². The number of nitro benzene ring substituents is 1. The van der Waals surface area contributed by atoms with Gasteiger partial charge in [-0.2, -0.15) is 0 Å². The topological polar surface area (TPSA) is 78.7 Å². The van der Waals surface area contributed by atoms with E-state index in [0.717, 1.165) is 18.2 Å². The first-order valence-corrected chi connectivity index (χ1v) is 6.63. The number of ether oxygens (including phenoxy) is 2. The van der Waals surface area contributed by atoms with Crippen LogP contribution in [0, 0.1) is 15.9 Å². The number of nitrogens with zero attached hydrogens (tertiary/aromatic N) is 1. The third-order valence-corrected chi connectivity index (χ3v) is 3.22. The van der Waals surface area contributed by atoms with Gasteiger partial charge in [-0.25, -0.2) is 9.18 Å². The second-order valence-corrected chi connectivity index (χ2v) is 4.75. The van der Waals surface area contributed by atoms with Crippen molar-refractivity contribution in [3.8, 4) is 11.5 Å². The number of rotatable bonds is 3. The van der Waals surface area contributed by atoms with Crippen molar-refractivity contribution in [3.63, 3.8) is 0 Å². The fourth-order valence-corrected chi connectivity index (χ4v) is 2.12. The van der Waals surface area contributed by atoms with Gasteiger partial charge < -0.3 is 9.47 Å². The molecule has 0 fully saturated rings. The number of hydrogen-bond acceptors (Lipinski definition) is 5. The van der Waals surface area contributed by atoms with Crippen molar-refractivity contribution in [3.05, 3.63) is 69.5 Å². The maximum atomic E-state index is 13.2. The molecule has 0 spiro atoms. The predicted molar refractivity (Wildman–Crippen MR) is 78.6 cm³/mol. The van der Waals surface area contributed by atoms with Crippen molar-refractivity contribution in [2.45, 2.75) is 0 Å². The molecule has 0 N–H and O–H groups in total. The highest BCUT2D eigenvalue weighted by atomic mass is 19.1. The van der Waals surface area contributed by atoms with E-state index in [1.807, 2.05) is 0 Å². The Morgan fingerprint density at radius 1 is 1.26 bits per heavy atom. The fourth-order valence-electron chi connectivity index (χ4n) is 2.12. The average Bonchev–Trinajstić information content (AvgIpc) is 2.54. The Labute approximate surface area is 129 Å². The summed E-state index contributed by atoms with van der Waals surface area (Å²) in [6, 6.07) is 9.76. The lowest BCUT2D eigenvalue weighted by molar-refractivity contribution is -0.385. The number of carbonyl (C=O) groups is 1. The zero-order valence-corrected chi connectivity index (χ0v) is 11.7. The molecule has 0 amide bonds. The van der Waals surface area contributed by atoms with Gasteiger partial charge in [0.15, 0.2) is 0 Å². The SMILES string of the molecule is O=C(Oc1cc(F)ccc1[N+](=O)[O-])C1=Cc2ccccc2OC1. The monoisotopic (exact) mass is 315 g/mol. The lowest BCUT2D eigenvalue weighted by atomic mass is 10.1. The Bertz CT molecular complexity index is 831. The van der Waals surface area contributed by atoms with Gasteiger partial charge in [-0.1, -0.05) is 18.2 Å². The Morgan fingerprint density at radius 3 is 2.83 bits per heavy atom. The molecule has 0 saturated heterocycles. The molecule has 0 unspecified atom stereocenters. The molecule has 2 aromatic rings. The molecule has 116 valence electrons. The van der Waals surface area contributed by atoms with Crippen LogP contribution in [0.1, 0.15) is 5.56 Å². The second-order valence-electron chi connectivity index (χ2n) is 4.75. The molecule has 0 radical (unpaired) electrons. The molecule has 7 heteroatoms. The van der Waals surface area contributed by atoms with Crippen molar-refractivity contribution in [1.29, 1.82) is 0 Å². The van der Waals surface area contributed by atoms with Gasteiger partial charge in [-0.05, 0) is 18.2 Å². The van der Waals surface area contributed by atoms with E-state index in [9.17, 15) is 19.3 Å². The highest BCUT2D eigenvalue weighted by Gasteiger charge is 2.23. The quantitative estimate of drug-likeness (QED) is 0.376. The Kier molecular flexibility index (Phi) is 3.76. The number of para-hydroxylation sites is 1. The van der Waals surface area contributed by atoms with Crippen LogP contribution >= 0.6 is 0 Å². The third-order valence-electron chi connectivity index (χ3n) is 3.22. The van der Waals surface area contributed by atoms with Crippen LogP contribution in [0.5, 0.6) is 11.5 Å². The zero-order chi connectivity index (χ0) is 16.4. The van der Waals surface area contributed by atoms with Gasteiger partial charge in [-0.15, -0.1) is 0 Å². The Balaban J connectivity index is 1.88. The van der Waals surface area contributed by atoms with Crippen LogP contribution in [-0.2, 0) is 4.79 Å². The summed E-state index contributed by atoms with van der Waals surface area (Å²) in [7, 11) is 0. The highest BCUT2D eigenvalue weighted by molar-refractivity contribution is 5.96. The number of esters is 1. The summed E-state index contributed by atoms with van der Waals surface area (Å²) in [6.07, 6.45) is 1.58. The van der Waals surface area contributed by atoms with Gasteiger partial charge in [0.2, 0.25) is 5.75 Å². The molecule has 0 bridgehead atoms. The van der Waals surface area contributed by atoms with E-state index in [1.54, 1.807) is 30.3 Å². The van der Waals surface area contributed by atoms with E-state index in [0.29, 0.717) is 11.3 Å². The second kappa shape index (κ2) is 5.88. The van der Waals surface area contributed by atoms with Crippen LogP contribution in [0.25, 0.3) is 6.08 Å². The Morgan fingerprint density at radius 2 is 2.04 bits per heavy atom. The van der Waals surface area contributed by atoms with Crippen molar-refractivity contribution < 1.29 is 23.6 Å². The molecule has 6 nitrogen and oxygen atoms in total. The zero-order valence-electron chi connectivity index (χ0n) is 11.7. The minimum Gasteiger partial charge on any atom is -0.488 e. The molecule has 1 aliphatic rings. The molecule has 0 atom stereocenters. The van der Waals surface area contributed by atoms with E-state index in [1.165, 1.54) is 0 Å². The van der Waals surface area contributed by atoms with E-state index in [2.05, 4.69) is 0 Å². The number of halogens is 1. The number of nitro groups is 1. The smallest absolute Gasteiger partial charge is 0.343 e. The summed E-state index contributed by atoms with van der Waals surface area (Å²) < 4.78 is 23.6. The summed E-state index contributed by atoms with van der Waals surface area (Å²) >= 11 is 0. The van der Waals surface area contributed by atoms with E-state index < -0.39 is 28.1 Å². The summed E-state index contributed by atoms with van der Waals surface area (Å²) in [6.45, 7) is -0.0288. The van der Waals surface area contributed by atoms with E-state index in [4.69, 9.17) is 9.47 Å². The maximum absolute atomic E-state index is 13.2. The van der Waals surface area contributed by atoms with E-state index >= 15 is 0 Å². The van der Waals surface area contributed by atoms with Crippen LogP contribution in [0.15, 0.2) is 48.0 Å². The van der Waals surface area contributed by atoms with Gasteiger partial charge in [0.25, 0.3) is 0 Å². The van der Waals surface area contributed by atoms with Crippen LogP contribution in [-0.4, -0.2) is 17.5 Å². The van der Waals surface area contributed by atoms with Crippen molar-refractivity contribution >= 4 is 17.7 Å². The number of fused-ring (bicyclic) bond motifs is 1. The number of benzene rings is 2. The molecule has 0 aliphatic carbocycles. The first-order valence-electron chi connectivity index (χ1n) is 6.63. The van der Waals surface area contributed by atoms with E-state index in [-0.39, 0.29) is 12.2 Å². The summed E-state index contributed by atoms with van der Waals surface area (Å²) in [5.41, 5.74) is 0.388. The summed E-state index contributed by atoms with van der Waals surface area (Å²) in [5, 5.41) is 10.9. The normalized spacial score (nSPS) is 12.7. The van der Waals surface area contributed by atoms with Crippen LogP contribution < -0.4 is 9.47 Å². The molecule has 23 heavy (non-hydrogen) atoms.